The third-order valence-electron chi connectivity index (χ3n) is 2.58. The molecule has 1 rings (SSSR count). The number of hydrogen-bond acceptors (Lipinski definition) is 6. The van der Waals surface area contributed by atoms with E-state index in [4.69, 9.17) is 14.2 Å². The van der Waals surface area contributed by atoms with Crippen LogP contribution in [-0.4, -0.2) is 76.6 Å². The van der Waals surface area contributed by atoms with Crippen molar-refractivity contribution in [3.63, 3.8) is 0 Å². The molecule has 0 saturated carbocycles. The molecule has 0 aromatic heterocycles. The molecule has 18 heavy (non-hydrogen) atoms. The second kappa shape index (κ2) is 8.02. The number of rotatable bonds is 6. The highest BCUT2D eigenvalue weighted by Crippen LogP contribution is 2.09. The van der Waals surface area contributed by atoms with E-state index in [1.807, 2.05) is 0 Å². The fourth-order valence-electron chi connectivity index (χ4n) is 1.62. The van der Waals surface area contributed by atoms with Crippen LogP contribution in [0.5, 0.6) is 0 Å². The van der Waals surface area contributed by atoms with Crippen LogP contribution in [0.25, 0.3) is 0 Å². The van der Waals surface area contributed by atoms with Crippen LogP contribution in [0.2, 0.25) is 0 Å². The first kappa shape index (κ1) is 14.9. The van der Waals surface area contributed by atoms with Gasteiger partial charge in [-0.25, -0.2) is 4.79 Å². The highest BCUT2D eigenvalue weighted by Gasteiger charge is 2.33. The van der Waals surface area contributed by atoms with Gasteiger partial charge in [0.2, 0.25) is 5.91 Å². The minimum atomic E-state index is -0.678. The van der Waals surface area contributed by atoms with E-state index in [-0.39, 0.29) is 19.1 Å². The van der Waals surface area contributed by atoms with Crippen LogP contribution in [0.4, 0.5) is 0 Å². The SMILES string of the molecule is COCCOCC(=O)N1CCOCC1C(=O)OC. The summed E-state index contributed by atoms with van der Waals surface area (Å²) in [4.78, 5) is 24.8. The maximum absolute atomic E-state index is 11.9. The number of amides is 1. The number of morpholine rings is 1. The number of esters is 1. The summed E-state index contributed by atoms with van der Waals surface area (Å²) in [7, 11) is 2.84. The molecule has 1 unspecified atom stereocenters. The van der Waals surface area contributed by atoms with Crippen LogP contribution in [0.15, 0.2) is 0 Å². The van der Waals surface area contributed by atoms with E-state index in [0.29, 0.717) is 26.4 Å². The number of ether oxygens (including phenoxy) is 4. The minimum Gasteiger partial charge on any atom is -0.467 e. The first-order valence-corrected chi connectivity index (χ1v) is 5.72. The lowest BCUT2D eigenvalue weighted by Crippen LogP contribution is -2.54. The summed E-state index contributed by atoms with van der Waals surface area (Å²) in [6.45, 7) is 1.64. The monoisotopic (exact) mass is 261 g/mol. The van der Waals surface area contributed by atoms with Gasteiger partial charge in [0.15, 0.2) is 6.04 Å². The molecule has 0 N–H and O–H groups in total. The second-order valence-electron chi connectivity index (χ2n) is 3.75. The van der Waals surface area contributed by atoms with Crippen LogP contribution in [0, 0.1) is 0 Å². The Morgan fingerprint density at radius 3 is 2.78 bits per heavy atom. The summed E-state index contributed by atoms with van der Waals surface area (Å²) in [6.07, 6.45) is 0. The summed E-state index contributed by atoms with van der Waals surface area (Å²) in [6, 6.07) is -0.678. The van der Waals surface area contributed by atoms with Gasteiger partial charge >= 0.3 is 5.97 Å². The van der Waals surface area contributed by atoms with Crippen molar-refractivity contribution in [2.24, 2.45) is 0 Å². The third-order valence-corrected chi connectivity index (χ3v) is 2.58. The highest BCUT2D eigenvalue weighted by atomic mass is 16.5. The van der Waals surface area contributed by atoms with E-state index >= 15 is 0 Å². The van der Waals surface area contributed by atoms with Gasteiger partial charge < -0.3 is 23.8 Å². The lowest BCUT2D eigenvalue weighted by molar-refractivity contribution is -0.162. The van der Waals surface area contributed by atoms with E-state index in [1.54, 1.807) is 7.11 Å². The van der Waals surface area contributed by atoms with Gasteiger partial charge in [0.1, 0.15) is 6.61 Å². The molecular formula is C11H19NO6. The van der Waals surface area contributed by atoms with Crippen molar-refractivity contribution < 1.29 is 28.5 Å². The summed E-state index contributed by atoms with van der Waals surface area (Å²) in [5, 5.41) is 0. The molecule has 1 aliphatic heterocycles. The molecule has 0 spiro atoms. The van der Waals surface area contributed by atoms with Gasteiger partial charge in [-0.2, -0.15) is 0 Å². The molecule has 7 nitrogen and oxygen atoms in total. The second-order valence-corrected chi connectivity index (χ2v) is 3.75. The predicted octanol–water partition coefficient (Wildman–Crippen LogP) is -0.950. The molecule has 7 heteroatoms. The van der Waals surface area contributed by atoms with Crippen molar-refractivity contribution in [1.29, 1.82) is 0 Å². The molecule has 1 fully saturated rings. The molecule has 1 amide bonds. The lowest BCUT2D eigenvalue weighted by Gasteiger charge is -2.33. The molecule has 0 bridgehead atoms. The maximum Gasteiger partial charge on any atom is 0.331 e. The van der Waals surface area contributed by atoms with Crippen molar-refractivity contribution in [2.45, 2.75) is 6.04 Å². The lowest BCUT2D eigenvalue weighted by atomic mass is 10.2. The molecule has 1 atom stereocenters. The molecule has 1 heterocycles. The van der Waals surface area contributed by atoms with E-state index in [2.05, 4.69) is 4.74 Å². The summed E-state index contributed by atoms with van der Waals surface area (Å²) in [5.74, 6) is -0.718. The number of carbonyl (C=O) groups is 2. The Balaban J connectivity index is 2.44. The summed E-state index contributed by atoms with van der Waals surface area (Å²) < 4.78 is 19.8. The number of carbonyl (C=O) groups excluding carboxylic acids is 2. The quantitative estimate of drug-likeness (QED) is 0.453. The number of methoxy groups -OCH3 is 2. The molecule has 0 radical (unpaired) electrons. The number of hydrogen-bond donors (Lipinski definition) is 0. The summed E-state index contributed by atoms with van der Waals surface area (Å²) in [5.41, 5.74) is 0. The Bertz CT molecular complexity index is 283. The zero-order valence-corrected chi connectivity index (χ0v) is 10.7. The van der Waals surface area contributed by atoms with Crippen molar-refractivity contribution in [1.82, 2.24) is 4.90 Å². The van der Waals surface area contributed by atoms with Gasteiger partial charge in [-0.05, 0) is 0 Å². The largest absolute Gasteiger partial charge is 0.467 e. The molecule has 1 saturated heterocycles. The molecule has 0 aromatic carbocycles. The van der Waals surface area contributed by atoms with Gasteiger partial charge in [-0.15, -0.1) is 0 Å². The normalized spacial score (nSPS) is 19.7. The van der Waals surface area contributed by atoms with Crippen molar-refractivity contribution in [3.8, 4) is 0 Å². The van der Waals surface area contributed by atoms with E-state index in [9.17, 15) is 9.59 Å². The Labute approximate surface area is 106 Å². The Kier molecular flexibility index (Phi) is 6.63. The maximum atomic E-state index is 11.9. The smallest absolute Gasteiger partial charge is 0.331 e. The van der Waals surface area contributed by atoms with Crippen LogP contribution < -0.4 is 0 Å². The Morgan fingerprint density at radius 2 is 2.11 bits per heavy atom. The number of nitrogens with zero attached hydrogens (tertiary/aromatic N) is 1. The predicted molar refractivity (Wildman–Crippen MR) is 61.0 cm³/mol. The zero-order valence-electron chi connectivity index (χ0n) is 10.7. The van der Waals surface area contributed by atoms with Crippen LogP contribution in [0.1, 0.15) is 0 Å². The van der Waals surface area contributed by atoms with Crippen LogP contribution in [0.3, 0.4) is 0 Å². The van der Waals surface area contributed by atoms with Gasteiger partial charge in [0, 0.05) is 13.7 Å². The van der Waals surface area contributed by atoms with Gasteiger partial charge in [-0.3, -0.25) is 4.79 Å². The third kappa shape index (κ3) is 4.25. The fourth-order valence-corrected chi connectivity index (χ4v) is 1.62. The van der Waals surface area contributed by atoms with Crippen LogP contribution in [-0.2, 0) is 28.5 Å². The van der Waals surface area contributed by atoms with Gasteiger partial charge in [0.05, 0.1) is 33.5 Å². The average Bonchev–Trinajstić information content (AvgIpc) is 2.42. The summed E-state index contributed by atoms with van der Waals surface area (Å²) >= 11 is 0. The van der Waals surface area contributed by atoms with Gasteiger partial charge in [0.25, 0.3) is 0 Å². The van der Waals surface area contributed by atoms with E-state index in [0.717, 1.165) is 0 Å². The first-order chi connectivity index (χ1) is 8.70. The average molecular weight is 261 g/mol. The van der Waals surface area contributed by atoms with Crippen molar-refractivity contribution in [3.05, 3.63) is 0 Å². The first-order valence-electron chi connectivity index (χ1n) is 5.72. The minimum absolute atomic E-state index is 0.0726. The molecule has 104 valence electrons. The fraction of sp³-hybridized carbons (Fsp3) is 0.818. The van der Waals surface area contributed by atoms with Crippen molar-refractivity contribution in [2.75, 3.05) is 53.8 Å². The standard InChI is InChI=1S/C11H19NO6/c1-15-5-6-18-8-10(13)12-3-4-17-7-9(12)11(14)16-2/h9H,3-8H2,1-2H3. The molecule has 1 aliphatic rings. The van der Waals surface area contributed by atoms with E-state index in [1.165, 1.54) is 12.0 Å². The topological polar surface area (TPSA) is 74.3 Å². The van der Waals surface area contributed by atoms with Gasteiger partial charge in [-0.1, -0.05) is 0 Å². The Hall–Kier alpha value is -1.18. The van der Waals surface area contributed by atoms with Crippen LogP contribution >= 0.6 is 0 Å². The molecule has 0 aliphatic carbocycles. The molecule has 0 aromatic rings. The molecular weight excluding hydrogens is 242 g/mol. The van der Waals surface area contributed by atoms with E-state index < -0.39 is 12.0 Å². The Morgan fingerprint density at radius 1 is 1.33 bits per heavy atom. The highest BCUT2D eigenvalue weighted by molar-refractivity contribution is 5.85. The zero-order chi connectivity index (χ0) is 13.4. The van der Waals surface area contributed by atoms with Crippen molar-refractivity contribution >= 4 is 11.9 Å².